The van der Waals surface area contributed by atoms with E-state index in [2.05, 4.69) is 17.1 Å². The van der Waals surface area contributed by atoms with Gasteiger partial charge in [-0.3, -0.25) is 0 Å². The molecule has 1 saturated heterocycles. The third-order valence-electron chi connectivity index (χ3n) is 4.45. The molecule has 0 bridgehead atoms. The number of hydrogen-bond acceptors (Lipinski definition) is 3. The Balaban J connectivity index is 1.66. The van der Waals surface area contributed by atoms with E-state index < -0.39 is 0 Å². The van der Waals surface area contributed by atoms with E-state index in [0.29, 0.717) is 12.1 Å². The Morgan fingerprint density at radius 3 is 2.28 bits per heavy atom. The topological polar surface area (TPSA) is 35.5 Å². The van der Waals surface area contributed by atoms with E-state index in [9.17, 15) is 5.11 Å². The van der Waals surface area contributed by atoms with Crippen molar-refractivity contribution in [3.05, 3.63) is 0 Å². The summed E-state index contributed by atoms with van der Waals surface area (Å²) in [4.78, 5) is 2.63. The summed E-state index contributed by atoms with van der Waals surface area (Å²) in [5.41, 5.74) is 0. The molecule has 0 radical (unpaired) electrons. The van der Waals surface area contributed by atoms with E-state index in [1.54, 1.807) is 0 Å². The van der Waals surface area contributed by atoms with Gasteiger partial charge in [-0.2, -0.15) is 0 Å². The van der Waals surface area contributed by atoms with Crippen LogP contribution in [0, 0.1) is 0 Å². The van der Waals surface area contributed by atoms with Gasteiger partial charge in [0.2, 0.25) is 0 Å². The van der Waals surface area contributed by atoms with Gasteiger partial charge in [-0.05, 0) is 58.5 Å². The molecule has 18 heavy (non-hydrogen) atoms. The summed E-state index contributed by atoms with van der Waals surface area (Å²) in [5, 5.41) is 13.3. The van der Waals surface area contributed by atoms with Gasteiger partial charge in [0.05, 0.1) is 6.10 Å². The number of aliphatic hydroxyl groups excluding tert-OH is 1. The molecule has 0 aromatic rings. The molecule has 1 saturated carbocycles. The van der Waals surface area contributed by atoms with E-state index in [1.165, 1.54) is 45.3 Å². The number of likely N-dealkylation sites (tertiary alicyclic amines) is 1. The van der Waals surface area contributed by atoms with Crippen LogP contribution in [0.25, 0.3) is 0 Å². The van der Waals surface area contributed by atoms with Gasteiger partial charge in [0.15, 0.2) is 0 Å². The monoisotopic (exact) mass is 254 g/mol. The van der Waals surface area contributed by atoms with Crippen molar-refractivity contribution < 1.29 is 5.11 Å². The first-order valence-electron chi connectivity index (χ1n) is 7.90. The molecule has 1 aliphatic heterocycles. The van der Waals surface area contributed by atoms with Gasteiger partial charge >= 0.3 is 0 Å². The zero-order valence-corrected chi connectivity index (χ0v) is 11.9. The fourth-order valence-corrected chi connectivity index (χ4v) is 3.40. The first-order chi connectivity index (χ1) is 8.74. The first-order valence-corrected chi connectivity index (χ1v) is 7.90. The molecule has 2 aliphatic rings. The van der Waals surface area contributed by atoms with E-state index in [0.717, 1.165) is 25.7 Å². The van der Waals surface area contributed by atoms with Crippen molar-refractivity contribution >= 4 is 0 Å². The average molecular weight is 254 g/mol. The van der Waals surface area contributed by atoms with Crippen LogP contribution in [0.5, 0.6) is 0 Å². The average Bonchev–Trinajstić information content (AvgIpc) is 2.61. The number of nitrogens with zero attached hydrogens (tertiary/aromatic N) is 1. The summed E-state index contributed by atoms with van der Waals surface area (Å²) < 4.78 is 0. The van der Waals surface area contributed by atoms with Crippen molar-refractivity contribution in [2.75, 3.05) is 19.6 Å². The zero-order valence-electron chi connectivity index (χ0n) is 11.9. The number of nitrogens with one attached hydrogen (secondary N) is 1. The van der Waals surface area contributed by atoms with Crippen LogP contribution < -0.4 is 5.32 Å². The van der Waals surface area contributed by atoms with Gasteiger partial charge in [0, 0.05) is 18.6 Å². The predicted molar refractivity (Wildman–Crippen MR) is 75.8 cm³/mol. The summed E-state index contributed by atoms with van der Waals surface area (Å²) in [6, 6.07) is 1.22. The highest BCUT2D eigenvalue weighted by atomic mass is 16.3. The van der Waals surface area contributed by atoms with Gasteiger partial charge in [0.1, 0.15) is 0 Å². The maximum absolute atomic E-state index is 9.52. The summed E-state index contributed by atoms with van der Waals surface area (Å²) in [7, 11) is 0. The van der Waals surface area contributed by atoms with Crippen molar-refractivity contribution in [1.29, 1.82) is 0 Å². The smallest absolute Gasteiger partial charge is 0.0541 e. The predicted octanol–water partition coefficient (Wildman–Crippen LogP) is 2.14. The molecule has 0 amide bonds. The standard InChI is InChI=1S/C15H30N2O/c1-13(12-17-10-4-2-3-5-11-17)16-14-6-8-15(18)9-7-14/h13-16,18H,2-12H2,1H3. The molecule has 1 atom stereocenters. The Bertz CT molecular complexity index is 219. The van der Waals surface area contributed by atoms with Crippen molar-refractivity contribution in [1.82, 2.24) is 10.2 Å². The lowest BCUT2D eigenvalue weighted by Gasteiger charge is -2.31. The molecule has 0 spiro atoms. The SMILES string of the molecule is CC(CN1CCCCCC1)NC1CCC(O)CC1. The van der Waals surface area contributed by atoms with E-state index >= 15 is 0 Å². The molecule has 1 heterocycles. The van der Waals surface area contributed by atoms with E-state index in [1.807, 2.05) is 0 Å². The molecule has 0 aromatic carbocycles. The van der Waals surface area contributed by atoms with E-state index in [4.69, 9.17) is 0 Å². The summed E-state index contributed by atoms with van der Waals surface area (Å²) in [5.74, 6) is 0. The van der Waals surface area contributed by atoms with Crippen molar-refractivity contribution in [2.45, 2.75) is 76.5 Å². The highest BCUT2D eigenvalue weighted by molar-refractivity contribution is 4.80. The lowest BCUT2D eigenvalue weighted by atomic mass is 9.92. The minimum atomic E-state index is -0.0380. The lowest BCUT2D eigenvalue weighted by molar-refractivity contribution is 0.112. The van der Waals surface area contributed by atoms with Gasteiger partial charge in [-0.15, -0.1) is 0 Å². The first kappa shape index (κ1) is 14.3. The van der Waals surface area contributed by atoms with Crippen LogP contribution >= 0.6 is 0 Å². The number of aliphatic hydroxyl groups is 1. The van der Waals surface area contributed by atoms with Crippen LogP contribution in [-0.2, 0) is 0 Å². The Kier molecular flexibility index (Phi) is 5.93. The van der Waals surface area contributed by atoms with E-state index in [-0.39, 0.29) is 6.10 Å². The third-order valence-corrected chi connectivity index (χ3v) is 4.45. The zero-order chi connectivity index (χ0) is 12.8. The highest BCUT2D eigenvalue weighted by Gasteiger charge is 2.21. The summed E-state index contributed by atoms with van der Waals surface area (Å²) in [6.07, 6.45) is 9.80. The van der Waals surface area contributed by atoms with Crippen LogP contribution in [0.3, 0.4) is 0 Å². The molecule has 1 aliphatic carbocycles. The van der Waals surface area contributed by atoms with Crippen LogP contribution in [0.1, 0.15) is 58.3 Å². The molecule has 3 heteroatoms. The largest absolute Gasteiger partial charge is 0.393 e. The second-order valence-corrected chi connectivity index (χ2v) is 6.29. The minimum Gasteiger partial charge on any atom is -0.393 e. The molecule has 2 rings (SSSR count). The van der Waals surface area contributed by atoms with Crippen LogP contribution in [-0.4, -0.2) is 47.8 Å². The van der Waals surface area contributed by atoms with Crippen molar-refractivity contribution in [3.63, 3.8) is 0 Å². The van der Waals surface area contributed by atoms with Crippen LogP contribution in [0.15, 0.2) is 0 Å². The molecule has 2 fully saturated rings. The Morgan fingerprint density at radius 2 is 1.67 bits per heavy atom. The lowest BCUT2D eigenvalue weighted by Crippen LogP contribution is -2.45. The second-order valence-electron chi connectivity index (χ2n) is 6.29. The highest BCUT2D eigenvalue weighted by Crippen LogP contribution is 2.19. The number of rotatable bonds is 4. The molecular formula is C15H30N2O. The van der Waals surface area contributed by atoms with Gasteiger partial charge < -0.3 is 15.3 Å². The van der Waals surface area contributed by atoms with Gasteiger partial charge in [-0.25, -0.2) is 0 Å². The summed E-state index contributed by atoms with van der Waals surface area (Å²) >= 11 is 0. The van der Waals surface area contributed by atoms with Crippen LogP contribution in [0.2, 0.25) is 0 Å². The molecular weight excluding hydrogens is 224 g/mol. The van der Waals surface area contributed by atoms with Gasteiger partial charge in [-0.1, -0.05) is 12.8 Å². The summed E-state index contributed by atoms with van der Waals surface area (Å²) in [6.45, 7) is 6.08. The second kappa shape index (κ2) is 7.46. The van der Waals surface area contributed by atoms with Crippen molar-refractivity contribution in [3.8, 4) is 0 Å². The molecule has 3 nitrogen and oxygen atoms in total. The maximum atomic E-state index is 9.52. The molecule has 106 valence electrons. The Labute approximate surface area is 112 Å². The van der Waals surface area contributed by atoms with Crippen LogP contribution in [0.4, 0.5) is 0 Å². The Morgan fingerprint density at radius 1 is 1.06 bits per heavy atom. The minimum absolute atomic E-state index is 0.0380. The molecule has 0 aromatic heterocycles. The fraction of sp³-hybridized carbons (Fsp3) is 1.00. The maximum Gasteiger partial charge on any atom is 0.0541 e. The number of hydrogen-bond donors (Lipinski definition) is 2. The Hall–Kier alpha value is -0.120. The normalized spacial score (nSPS) is 33.0. The fourth-order valence-electron chi connectivity index (χ4n) is 3.40. The molecule has 1 unspecified atom stereocenters. The quantitative estimate of drug-likeness (QED) is 0.807. The third kappa shape index (κ3) is 4.87. The van der Waals surface area contributed by atoms with Gasteiger partial charge in [0.25, 0.3) is 0 Å². The molecule has 2 N–H and O–H groups in total. The van der Waals surface area contributed by atoms with Crippen molar-refractivity contribution in [2.24, 2.45) is 0 Å².